The van der Waals surface area contributed by atoms with E-state index in [1.165, 1.54) is 132 Å². The summed E-state index contributed by atoms with van der Waals surface area (Å²) in [6, 6.07) is 15.6. The standard InChI is InChI=1S/C31H48/c1-2-3-4-5-6-7-8-9-10-11-12-13-14-15-16-17-18-19-20-24-29-26-23-27-30-25-21-22-28-31(29)30/h7-8,21-23,25-28H,2-6,9-20,24H2,1H3/b8-7+. The van der Waals surface area contributed by atoms with E-state index in [-0.39, 0.29) is 0 Å². The van der Waals surface area contributed by atoms with Crippen molar-refractivity contribution in [2.24, 2.45) is 0 Å². The lowest BCUT2D eigenvalue weighted by Crippen LogP contribution is -1.88. The van der Waals surface area contributed by atoms with Crippen molar-refractivity contribution in [1.82, 2.24) is 0 Å². The molecule has 0 nitrogen and oxygen atoms in total. The Hall–Kier alpha value is -1.56. The zero-order valence-corrected chi connectivity index (χ0v) is 20.4. The maximum absolute atomic E-state index is 2.42. The number of benzene rings is 2. The van der Waals surface area contributed by atoms with Gasteiger partial charge in [0.25, 0.3) is 0 Å². The van der Waals surface area contributed by atoms with Crippen LogP contribution < -0.4 is 0 Å². The molecule has 172 valence electrons. The fourth-order valence-corrected chi connectivity index (χ4v) is 4.60. The molecule has 0 spiro atoms. The first-order valence-corrected chi connectivity index (χ1v) is 13.5. The van der Waals surface area contributed by atoms with Gasteiger partial charge in [0.2, 0.25) is 0 Å². The molecule has 0 saturated heterocycles. The molecule has 0 amide bonds. The third-order valence-corrected chi connectivity index (χ3v) is 6.59. The fourth-order valence-electron chi connectivity index (χ4n) is 4.60. The Bertz CT molecular complexity index is 691. The van der Waals surface area contributed by atoms with Crippen molar-refractivity contribution in [1.29, 1.82) is 0 Å². The molecule has 0 N–H and O–H groups in total. The van der Waals surface area contributed by atoms with Gasteiger partial charge >= 0.3 is 0 Å². The largest absolute Gasteiger partial charge is 0.0885 e. The second kappa shape index (κ2) is 18.1. The highest BCUT2D eigenvalue weighted by atomic mass is 14.1. The summed E-state index contributed by atoms with van der Waals surface area (Å²) < 4.78 is 0. The lowest BCUT2D eigenvalue weighted by Gasteiger charge is -2.07. The predicted octanol–water partition coefficient (Wildman–Crippen LogP) is 10.6. The van der Waals surface area contributed by atoms with Crippen molar-refractivity contribution < 1.29 is 0 Å². The molecule has 0 unspecified atom stereocenters. The van der Waals surface area contributed by atoms with Gasteiger partial charge in [0, 0.05) is 0 Å². The minimum atomic E-state index is 1.23. The maximum Gasteiger partial charge on any atom is -0.0152 e. The van der Waals surface area contributed by atoms with Crippen LogP contribution in [0.4, 0.5) is 0 Å². The Labute approximate surface area is 193 Å². The maximum atomic E-state index is 2.42. The van der Waals surface area contributed by atoms with Crippen molar-refractivity contribution in [3.05, 3.63) is 60.2 Å². The molecule has 2 aromatic carbocycles. The summed E-state index contributed by atoms with van der Waals surface area (Å²) in [5.41, 5.74) is 1.53. The van der Waals surface area contributed by atoms with Crippen LogP contribution in [-0.4, -0.2) is 0 Å². The highest BCUT2D eigenvalue weighted by molar-refractivity contribution is 5.85. The van der Waals surface area contributed by atoms with Gasteiger partial charge in [-0.15, -0.1) is 0 Å². The molecule has 0 bridgehead atoms. The second-order valence-corrected chi connectivity index (χ2v) is 9.39. The average Bonchev–Trinajstić information content (AvgIpc) is 2.80. The molecule has 0 aliphatic carbocycles. The third kappa shape index (κ3) is 12.2. The van der Waals surface area contributed by atoms with E-state index in [0.29, 0.717) is 0 Å². The number of rotatable bonds is 19. The lowest BCUT2D eigenvalue weighted by atomic mass is 9.99. The minimum absolute atomic E-state index is 1.23. The van der Waals surface area contributed by atoms with E-state index >= 15 is 0 Å². The average molecular weight is 421 g/mol. The van der Waals surface area contributed by atoms with Gasteiger partial charge < -0.3 is 0 Å². The van der Waals surface area contributed by atoms with Crippen molar-refractivity contribution in [2.75, 3.05) is 0 Å². The van der Waals surface area contributed by atoms with E-state index in [0.717, 1.165) is 0 Å². The summed E-state index contributed by atoms with van der Waals surface area (Å²) in [6.45, 7) is 2.28. The number of allylic oxidation sites excluding steroid dienone is 2. The highest BCUT2D eigenvalue weighted by Crippen LogP contribution is 2.21. The zero-order chi connectivity index (χ0) is 21.8. The van der Waals surface area contributed by atoms with Crippen molar-refractivity contribution in [3.63, 3.8) is 0 Å². The summed E-state index contributed by atoms with van der Waals surface area (Å²) >= 11 is 0. The van der Waals surface area contributed by atoms with Gasteiger partial charge in [-0.25, -0.2) is 0 Å². The molecule has 2 aromatic rings. The first-order valence-electron chi connectivity index (χ1n) is 13.5. The van der Waals surface area contributed by atoms with Crippen LogP contribution in [0.1, 0.15) is 122 Å². The van der Waals surface area contributed by atoms with E-state index < -0.39 is 0 Å². The van der Waals surface area contributed by atoms with Gasteiger partial charge in [-0.1, -0.05) is 139 Å². The lowest BCUT2D eigenvalue weighted by molar-refractivity contribution is 0.546. The van der Waals surface area contributed by atoms with Crippen LogP contribution in [0, 0.1) is 0 Å². The van der Waals surface area contributed by atoms with E-state index in [9.17, 15) is 0 Å². The molecule has 0 aliphatic rings. The normalized spacial score (nSPS) is 11.6. The van der Waals surface area contributed by atoms with Gasteiger partial charge in [0.05, 0.1) is 0 Å². The van der Waals surface area contributed by atoms with Crippen LogP contribution in [0.5, 0.6) is 0 Å². The molecule has 0 aliphatic heterocycles. The van der Waals surface area contributed by atoms with Gasteiger partial charge in [-0.2, -0.15) is 0 Å². The molecule has 0 fully saturated rings. The number of hydrogen-bond donors (Lipinski definition) is 0. The molecule has 2 rings (SSSR count). The second-order valence-electron chi connectivity index (χ2n) is 9.39. The summed E-state index contributed by atoms with van der Waals surface area (Å²) in [4.78, 5) is 0. The van der Waals surface area contributed by atoms with Gasteiger partial charge in [-0.3, -0.25) is 0 Å². The van der Waals surface area contributed by atoms with Gasteiger partial charge in [-0.05, 0) is 54.9 Å². The number of unbranched alkanes of at least 4 members (excludes halogenated alkanes) is 15. The Balaban J connectivity index is 1.34. The van der Waals surface area contributed by atoms with Crippen LogP contribution in [0.25, 0.3) is 10.8 Å². The van der Waals surface area contributed by atoms with Crippen LogP contribution in [0.2, 0.25) is 0 Å². The summed E-state index contributed by atoms with van der Waals surface area (Å²) in [7, 11) is 0. The number of fused-ring (bicyclic) bond motifs is 1. The quantitative estimate of drug-likeness (QED) is 0.156. The van der Waals surface area contributed by atoms with Crippen molar-refractivity contribution in [3.8, 4) is 0 Å². The van der Waals surface area contributed by atoms with E-state index in [4.69, 9.17) is 0 Å². The van der Waals surface area contributed by atoms with E-state index in [1.807, 2.05) is 0 Å². The fraction of sp³-hybridized carbons (Fsp3) is 0.613. The highest BCUT2D eigenvalue weighted by Gasteiger charge is 2.00. The van der Waals surface area contributed by atoms with Crippen molar-refractivity contribution >= 4 is 10.8 Å². The van der Waals surface area contributed by atoms with Crippen LogP contribution in [-0.2, 0) is 6.42 Å². The smallest absolute Gasteiger partial charge is 0.0152 e. The molecule has 0 radical (unpaired) electrons. The topological polar surface area (TPSA) is 0 Å². The zero-order valence-electron chi connectivity index (χ0n) is 20.4. The Kier molecular flexibility index (Phi) is 15.0. The number of hydrogen-bond acceptors (Lipinski definition) is 0. The Morgan fingerprint density at radius 3 is 1.68 bits per heavy atom. The van der Waals surface area contributed by atoms with Crippen molar-refractivity contribution in [2.45, 2.75) is 122 Å². The Morgan fingerprint density at radius 1 is 0.516 bits per heavy atom. The molecule has 31 heavy (non-hydrogen) atoms. The SMILES string of the molecule is CCCCCC/C=C/CCCCCCCCCCCCCc1cccc2ccccc12. The van der Waals surface area contributed by atoms with Crippen LogP contribution >= 0.6 is 0 Å². The predicted molar refractivity (Wildman–Crippen MR) is 141 cm³/mol. The molecule has 0 heterocycles. The molecule has 0 atom stereocenters. The first-order chi connectivity index (χ1) is 15.4. The molecular weight excluding hydrogens is 372 g/mol. The minimum Gasteiger partial charge on any atom is -0.0885 e. The van der Waals surface area contributed by atoms with E-state index in [2.05, 4.69) is 61.5 Å². The third-order valence-electron chi connectivity index (χ3n) is 6.59. The molecule has 0 saturated carbocycles. The van der Waals surface area contributed by atoms with Crippen LogP contribution in [0.3, 0.4) is 0 Å². The molecule has 0 heteroatoms. The Morgan fingerprint density at radius 2 is 1.03 bits per heavy atom. The molecule has 0 aromatic heterocycles. The van der Waals surface area contributed by atoms with E-state index in [1.54, 1.807) is 0 Å². The molecular formula is C31H48. The summed E-state index contributed by atoms with van der Waals surface area (Å²) in [6.07, 6.45) is 29.8. The van der Waals surface area contributed by atoms with Gasteiger partial charge in [0.1, 0.15) is 0 Å². The van der Waals surface area contributed by atoms with Crippen LogP contribution in [0.15, 0.2) is 54.6 Å². The van der Waals surface area contributed by atoms with Gasteiger partial charge in [0.15, 0.2) is 0 Å². The monoisotopic (exact) mass is 420 g/mol. The first kappa shape index (κ1) is 25.7. The summed E-state index contributed by atoms with van der Waals surface area (Å²) in [5, 5.41) is 2.83. The number of aryl methyl sites for hydroxylation is 1. The summed E-state index contributed by atoms with van der Waals surface area (Å²) in [5.74, 6) is 0.